The average Bonchev–Trinajstić information content (AvgIpc) is 3.09. The molecule has 1 aromatic heterocycles. The van der Waals surface area contributed by atoms with E-state index in [1.165, 1.54) is 5.56 Å². The molecule has 0 aliphatic carbocycles. The molecule has 1 amide bonds. The van der Waals surface area contributed by atoms with Crippen LogP contribution in [-0.4, -0.2) is 37.6 Å². The van der Waals surface area contributed by atoms with Crippen LogP contribution in [0, 0.1) is 0 Å². The number of ether oxygens (including phenoxy) is 1. The van der Waals surface area contributed by atoms with Crippen molar-refractivity contribution in [1.82, 2.24) is 10.2 Å². The Morgan fingerprint density at radius 1 is 1.25 bits per heavy atom. The summed E-state index contributed by atoms with van der Waals surface area (Å²) < 4.78 is 11.2. The summed E-state index contributed by atoms with van der Waals surface area (Å²) in [6.07, 6.45) is 2.06. The number of nitrogens with one attached hydrogen (secondary N) is 1. The second-order valence-electron chi connectivity index (χ2n) is 6.00. The minimum atomic E-state index is -0.558. The smallest absolute Gasteiger partial charge is 0.260 e. The van der Waals surface area contributed by atoms with Gasteiger partial charge in [0.15, 0.2) is 6.10 Å². The number of likely N-dealkylation sites (N-methyl/N-ethyl adjacent to an activating group) is 1. The van der Waals surface area contributed by atoms with Gasteiger partial charge in [0.2, 0.25) is 0 Å². The van der Waals surface area contributed by atoms with E-state index in [0.717, 1.165) is 12.2 Å². The maximum Gasteiger partial charge on any atom is 0.260 e. The van der Waals surface area contributed by atoms with Crippen molar-refractivity contribution in [1.29, 1.82) is 0 Å². The van der Waals surface area contributed by atoms with Gasteiger partial charge in [-0.15, -0.1) is 0 Å². The Kier molecular flexibility index (Phi) is 6.44. The molecule has 2 atom stereocenters. The van der Waals surface area contributed by atoms with Crippen molar-refractivity contribution >= 4 is 5.91 Å². The van der Waals surface area contributed by atoms with Crippen LogP contribution < -0.4 is 10.1 Å². The lowest BCUT2D eigenvalue weighted by Crippen LogP contribution is -2.40. The fraction of sp³-hybridized carbons (Fsp3) is 0.421. The fourth-order valence-electron chi connectivity index (χ4n) is 2.42. The van der Waals surface area contributed by atoms with Gasteiger partial charge in [0, 0.05) is 6.54 Å². The topological polar surface area (TPSA) is 54.7 Å². The Morgan fingerprint density at radius 3 is 2.50 bits per heavy atom. The second kappa shape index (κ2) is 8.55. The minimum absolute atomic E-state index is 0.0139. The SMILES string of the molecule is CCc1ccc(O[C@H](C)C(=O)NC[C@@H](c2ccco2)N(C)C)cc1. The third kappa shape index (κ3) is 4.86. The number of hydrogen-bond acceptors (Lipinski definition) is 4. The molecule has 2 aromatic rings. The lowest BCUT2D eigenvalue weighted by molar-refractivity contribution is -0.127. The van der Waals surface area contributed by atoms with Gasteiger partial charge < -0.3 is 14.5 Å². The van der Waals surface area contributed by atoms with Crippen LogP contribution in [0.1, 0.15) is 31.2 Å². The summed E-state index contributed by atoms with van der Waals surface area (Å²) in [6.45, 7) is 4.31. The highest BCUT2D eigenvalue weighted by Crippen LogP contribution is 2.18. The van der Waals surface area contributed by atoms with Crippen molar-refractivity contribution in [2.75, 3.05) is 20.6 Å². The predicted octanol–water partition coefficient (Wildman–Crippen LogP) is 3.03. The zero-order valence-electron chi connectivity index (χ0n) is 14.8. The van der Waals surface area contributed by atoms with Gasteiger partial charge in [-0.1, -0.05) is 19.1 Å². The maximum absolute atomic E-state index is 12.3. The fourth-order valence-corrected chi connectivity index (χ4v) is 2.42. The molecule has 0 radical (unpaired) electrons. The molecular formula is C19H26N2O3. The quantitative estimate of drug-likeness (QED) is 0.808. The minimum Gasteiger partial charge on any atom is -0.481 e. The number of amides is 1. The van der Waals surface area contributed by atoms with Crippen molar-refractivity contribution < 1.29 is 13.9 Å². The number of carbonyl (C=O) groups is 1. The molecule has 5 heteroatoms. The van der Waals surface area contributed by atoms with Crippen LogP contribution in [0.4, 0.5) is 0 Å². The van der Waals surface area contributed by atoms with Gasteiger partial charge in [0.05, 0.1) is 12.3 Å². The number of furan rings is 1. The van der Waals surface area contributed by atoms with Gasteiger partial charge in [-0.2, -0.15) is 0 Å². The first-order valence-corrected chi connectivity index (χ1v) is 8.24. The lowest BCUT2D eigenvalue weighted by atomic mass is 10.2. The van der Waals surface area contributed by atoms with E-state index in [1.54, 1.807) is 13.2 Å². The van der Waals surface area contributed by atoms with Gasteiger partial charge >= 0.3 is 0 Å². The molecule has 0 aliphatic heterocycles. The molecule has 5 nitrogen and oxygen atoms in total. The zero-order valence-corrected chi connectivity index (χ0v) is 14.8. The normalized spacial score (nSPS) is 13.5. The standard InChI is InChI=1S/C19H26N2O3/c1-5-15-8-10-16(11-9-15)24-14(2)19(22)20-13-17(21(3)4)18-7-6-12-23-18/h6-12,14,17H,5,13H2,1-4H3,(H,20,22)/t14-,17+/m1/s1. The predicted molar refractivity (Wildman–Crippen MR) is 94.1 cm³/mol. The molecule has 0 fully saturated rings. The first kappa shape index (κ1) is 18.1. The van der Waals surface area contributed by atoms with Crippen LogP contribution in [0.15, 0.2) is 47.1 Å². The summed E-state index contributed by atoms with van der Waals surface area (Å²) in [6, 6.07) is 11.6. The third-order valence-electron chi connectivity index (χ3n) is 3.98. The van der Waals surface area contributed by atoms with Crippen molar-refractivity contribution in [3.8, 4) is 5.75 Å². The van der Waals surface area contributed by atoms with Crippen molar-refractivity contribution in [3.05, 3.63) is 54.0 Å². The molecule has 2 rings (SSSR count). The summed E-state index contributed by atoms with van der Waals surface area (Å²) in [5, 5.41) is 2.93. The highest BCUT2D eigenvalue weighted by Gasteiger charge is 2.20. The van der Waals surface area contributed by atoms with E-state index < -0.39 is 6.10 Å². The first-order valence-electron chi connectivity index (χ1n) is 8.24. The van der Waals surface area contributed by atoms with E-state index in [1.807, 2.05) is 55.4 Å². The van der Waals surface area contributed by atoms with Crippen LogP contribution in [-0.2, 0) is 11.2 Å². The molecular weight excluding hydrogens is 304 g/mol. The molecule has 0 saturated heterocycles. The van der Waals surface area contributed by atoms with E-state index in [4.69, 9.17) is 9.15 Å². The molecule has 1 aromatic carbocycles. The van der Waals surface area contributed by atoms with Crippen molar-refractivity contribution in [2.24, 2.45) is 0 Å². The Morgan fingerprint density at radius 2 is 1.96 bits per heavy atom. The molecule has 0 aliphatic rings. The summed E-state index contributed by atoms with van der Waals surface area (Å²) in [4.78, 5) is 14.3. The monoisotopic (exact) mass is 330 g/mol. The van der Waals surface area contributed by atoms with Gasteiger partial charge in [-0.3, -0.25) is 9.69 Å². The second-order valence-corrected chi connectivity index (χ2v) is 6.00. The molecule has 1 N–H and O–H groups in total. The van der Waals surface area contributed by atoms with E-state index in [2.05, 4.69) is 12.2 Å². The molecule has 0 bridgehead atoms. The Hall–Kier alpha value is -2.27. The summed E-state index contributed by atoms with van der Waals surface area (Å²) in [7, 11) is 3.91. The molecule has 130 valence electrons. The van der Waals surface area contributed by atoms with Crippen LogP contribution in [0.3, 0.4) is 0 Å². The summed E-state index contributed by atoms with van der Waals surface area (Å²) in [5.74, 6) is 1.38. The van der Waals surface area contributed by atoms with Crippen LogP contribution in [0.5, 0.6) is 5.75 Å². The Labute approximate surface area is 143 Å². The highest BCUT2D eigenvalue weighted by atomic mass is 16.5. The molecule has 0 saturated carbocycles. The molecule has 0 spiro atoms. The van der Waals surface area contributed by atoms with Gasteiger partial charge in [0.25, 0.3) is 5.91 Å². The zero-order chi connectivity index (χ0) is 17.5. The average molecular weight is 330 g/mol. The van der Waals surface area contributed by atoms with Gasteiger partial charge in [-0.05, 0) is 57.3 Å². The largest absolute Gasteiger partial charge is 0.481 e. The number of benzene rings is 1. The first-order chi connectivity index (χ1) is 11.5. The molecule has 1 heterocycles. The Balaban J connectivity index is 1.88. The van der Waals surface area contributed by atoms with E-state index >= 15 is 0 Å². The van der Waals surface area contributed by atoms with E-state index in [9.17, 15) is 4.79 Å². The number of aryl methyl sites for hydroxylation is 1. The van der Waals surface area contributed by atoms with Crippen molar-refractivity contribution in [3.63, 3.8) is 0 Å². The van der Waals surface area contributed by atoms with Crippen LogP contribution in [0.25, 0.3) is 0 Å². The van der Waals surface area contributed by atoms with Gasteiger partial charge in [0.1, 0.15) is 11.5 Å². The summed E-state index contributed by atoms with van der Waals surface area (Å²) >= 11 is 0. The number of nitrogens with zero attached hydrogens (tertiary/aromatic N) is 1. The van der Waals surface area contributed by atoms with Crippen LogP contribution >= 0.6 is 0 Å². The summed E-state index contributed by atoms with van der Waals surface area (Å²) in [5.41, 5.74) is 1.24. The van der Waals surface area contributed by atoms with E-state index in [0.29, 0.717) is 12.3 Å². The van der Waals surface area contributed by atoms with Crippen LogP contribution in [0.2, 0.25) is 0 Å². The van der Waals surface area contributed by atoms with Crippen molar-refractivity contribution in [2.45, 2.75) is 32.4 Å². The number of rotatable bonds is 8. The van der Waals surface area contributed by atoms with Gasteiger partial charge in [-0.25, -0.2) is 0 Å². The Bertz CT molecular complexity index is 621. The highest BCUT2D eigenvalue weighted by molar-refractivity contribution is 5.80. The van der Waals surface area contributed by atoms with E-state index in [-0.39, 0.29) is 11.9 Å². The molecule has 24 heavy (non-hydrogen) atoms. The number of carbonyl (C=O) groups excluding carboxylic acids is 1. The lowest BCUT2D eigenvalue weighted by Gasteiger charge is -2.23. The third-order valence-corrected chi connectivity index (χ3v) is 3.98. The number of hydrogen-bond donors (Lipinski definition) is 1. The maximum atomic E-state index is 12.3. The molecule has 0 unspecified atom stereocenters.